The number of aryl methyl sites for hydroxylation is 1. The van der Waals surface area contributed by atoms with E-state index in [0.29, 0.717) is 17.8 Å². The monoisotopic (exact) mass is 289 g/mol. The van der Waals surface area contributed by atoms with Gasteiger partial charge in [0.1, 0.15) is 5.75 Å². The number of benzene rings is 1. The molecule has 0 atom stereocenters. The number of amides is 2. The minimum atomic E-state index is -0.510. The van der Waals surface area contributed by atoms with Gasteiger partial charge in [-0.25, -0.2) is 0 Å². The maximum absolute atomic E-state index is 11.9. The number of carbonyl (C=O) groups excluding carboxylic acids is 2. The number of hydrogen-bond acceptors (Lipinski definition) is 4. The van der Waals surface area contributed by atoms with E-state index in [2.05, 4.69) is 29.3 Å². The molecular weight excluding hydrogens is 270 g/mol. The number of hydrogen-bond donors (Lipinski definition) is 4. The first-order valence-corrected chi connectivity index (χ1v) is 6.36. The Kier molecular flexibility index (Phi) is 6.00. The van der Waals surface area contributed by atoms with Gasteiger partial charge in [0.05, 0.1) is 12.0 Å². The fourth-order valence-electron chi connectivity index (χ4n) is 1.54. The predicted molar refractivity (Wildman–Crippen MR) is 80.4 cm³/mol. The Labute approximate surface area is 123 Å². The van der Waals surface area contributed by atoms with Crippen LogP contribution in [0.2, 0.25) is 0 Å². The van der Waals surface area contributed by atoms with Gasteiger partial charge in [0, 0.05) is 12.2 Å². The highest BCUT2D eigenvalue weighted by Gasteiger charge is 2.12. The van der Waals surface area contributed by atoms with Crippen molar-refractivity contribution >= 4 is 11.8 Å². The molecule has 1 rings (SSSR count). The lowest BCUT2D eigenvalue weighted by Crippen LogP contribution is -2.38. The van der Waals surface area contributed by atoms with Gasteiger partial charge in [0.2, 0.25) is 5.91 Å². The Balaban J connectivity index is 2.49. The largest absolute Gasteiger partial charge is 0.507 e. The van der Waals surface area contributed by atoms with Crippen LogP contribution in [0.4, 0.5) is 0 Å². The highest BCUT2D eigenvalue weighted by atomic mass is 16.3. The van der Waals surface area contributed by atoms with Gasteiger partial charge in [-0.15, -0.1) is 6.58 Å². The third kappa shape index (κ3) is 5.02. The lowest BCUT2D eigenvalue weighted by atomic mass is 10.1. The van der Waals surface area contributed by atoms with Crippen LogP contribution < -0.4 is 16.2 Å². The second-order valence-electron chi connectivity index (χ2n) is 4.42. The van der Waals surface area contributed by atoms with Crippen LogP contribution in [0.25, 0.3) is 0 Å². The van der Waals surface area contributed by atoms with Gasteiger partial charge in [0.25, 0.3) is 5.91 Å². The lowest BCUT2D eigenvalue weighted by Gasteiger charge is -2.12. The number of rotatable bonds is 7. The minimum absolute atomic E-state index is 0.0217. The van der Waals surface area contributed by atoms with Crippen molar-refractivity contribution in [2.45, 2.75) is 13.3 Å². The number of aromatic hydroxyl groups is 1. The van der Waals surface area contributed by atoms with Gasteiger partial charge >= 0.3 is 0 Å². The Morgan fingerprint density at radius 1 is 1.33 bits per heavy atom. The molecule has 1 aromatic rings. The summed E-state index contributed by atoms with van der Waals surface area (Å²) in [7, 11) is 0. The zero-order valence-electron chi connectivity index (χ0n) is 11.9. The molecule has 4 N–H and O–H groups in total. The summed E-state index contributed by atoms with van der Waals surface area (Å²) in [6, 6.07) is 4.86. The van der Waals surface area contributed by atoms with Crippen LogP contribution in [0.15, 0.2) is 43.1 Å². The van der Waals surface area contributed by atoms with E-state index in [4.69, 9.17) is 0 Å². The number of para-hydroxylation sites is 1. The molecule has 0 bridgehead atoms. The molecule has 0 saturated heterocycles. The first kappa shape index (κ1) is 16.3. The Hall–Kier alpha value is -2.76. The number of phenolic OH excluding ortho intramolecular Hbond substituents is 1. The molecule has 0 heterocycles. The normalized spacial score (nSPS) is 9.57. The summed E-state index contributed by atoms with van der Waals surface area (Å²) in [6.45, 7) is 9.19. The smallest absolute Gasteiger partial charge is 0.273 e. The van der Waals surface area contributed by atoms with E-state index in [1.54, 1.807) is 25.1 Å². The van der Waals surface area contributed by atoms with Gasteiger partial charge < -0.3 is 15.8 Å². The van der Waals surface area contributed by atoms with Gasteiger partial charge in [-0.2, -0.15) is 0 Å². The summed E-state index contributed by atoms with van der Waals surface area (Å²) in [5.74, 6) is -0.824. The van der Waals surface area contributed by atoms with E-state index < -0.39 is 5.91 Å². The number of nitrogens with one attached hydrogen (secondary N) is 3. The van der Waals surface area contributed by atoms with Crippen molar-refractivity contribution < 1.29 is 14.7 Å². The van der Waals surface area contributed by atoms with E-state index in [-0.39, 0.29) is 23.6 Å². The topological polar surface area (TPSA) is 90.5 Å². The summed E-state index contributed by atoms with van der Waals surface area (Å²) in [4.78, 5) is 23.3. The summed E-state index contributed by atoms with van der Waals surface area (Å²) in [5, 5.41) is 12.4. The Bertz CT molecular complexity index is 567. The molecule has 6 nitrogen and oxygen atoms in total. The molecule has 0 fully saturated rings. The molecule has 0 aliphatic rings. The molecule has 0 unspecified atom stereocenters. The molecule has 6 heteroatoms. The highest BCUT2D eigenvalue weighted by molar-refractivity contribution is 5.97. The van der Waals surface area contributed by atoms with Gasteiger partial charge in [-0.3, -0.25) is 15.0 Å². The van der Waals surface area contributed by atoms with Gasteiger partial charge in [-0.1, -0.05) is 24.8 Å². The van der Waals surface area contributed by atoms with Crippen LogP contribution in [0, 0.1) is 6.92 Å². The molecular formula is C15H19N3O3. The molecule has 0 saturated carbocycles. The zero-order valence-corrected chi connectivity index (χ0v) is 11.9. The number of hydrazine groups is 1. The fourth-order valence-corrected chi connectivity index (χ4v) is 1.54. The predicted octanol–water partition coefficient (Wildman–Crippen LogP) is 1.14. The maximum atomic E-state index is 11.9. The molecule has 2 amide bonds. The van der Waals surface area contributed by atoms with Crippen molar-refractivity contribution in [3.8, 4) is 5.75 Å². The van der Waals surface area contributed by atoms with Crippen LogP contribution in [0.5, 0.6) is 5.75 Å². The third-order valence-electron chi connectivity index (χ3n) is 2.65. The van der Waals surface area contributed by atoms with Gasteiger partial charge in [0.15, 0.2) is 0 Å². The van der Waals surface area contributed by atoms with Crippen molar-refractivity contribution in [2.75, 3.05) is 6.54 Å². The highest BCUT2D eigenvalue weighted by Crippen LogP contribution is 2.20. The average Bonchev–Trinajstić information content (AvgIpc) is 2.45. The molecule has 0 aliphatic carbocycles. The third-order valence-corrected chi connectivity index (χ3v) is 2.65. The molecule has 21 heavy (non-hydrogen) atoms. The number of carbonyl (C=O) groups is 2. The van der Waals surface area contributed by atoms with E-state index in [9.17, 15) is 14.7 Å². The van der Waals surface area contributed by atoms with Gasteiger partial charge in [-0.05, 0) is 18.6 Å². The van der Waals surface area contributed by atoms with Crippen LogP contribution in [-0.2, 0) is 4.79 Å². The molecule has 1 aromatic carbocycles. The first-order valence-electron chi connectivity index (χ1n) is 6.36. The summed E-state index contributed by atoms with van der Waals surface area (Å²) >= 11 is 0. The van der Waals surface area contributed by atoms with E-state index in [1.807, 2.05) is 0 Å². The Morgan fingerprint density at radius 3 is 2.71 bits per heavy atom. The second kappa shape index (κ2) is 7.74. The molecule has 0 aliphatic heterocycles. The van der Waals surface area contributed by atoms with Crippen molar-refractivity contribution in [1.29, 1.82) is 0 Å². The molecule has 0 radical (unpaired) electrons. The van der Waals surface area contributed by atoms with E-state index in [0.717, 1.165) is 0 Å². The van der Waals surface area contributed by atoms with Crippen molar-refractivity contribution in [3.63, 3.8) is 0 Å². The zero-order chi connectivity index (χ0) is 15.8. The first-order chi connectivity index (χ1) is 9.95. The lowest BCUT2D eigenvalue weighted by molar-refractivity contribution is -0.120. The van der Waals surface area contributed by atoms with E-state index in [1.165, 1.54) is 6.07 Å². The van der Waals surface area contributed by atoms with E-state index >= 15 is 0 Å². The molecule has 0 aromatic heterocycles. The van der Waals surface area contributed by atoms with Crippen LogP contribution >= 0.6 is 0 Å². The van der Waals surface area contributed by atoms with Crippen molar-refractivity contribution in [1.82, 2.24) is 16.2 Å². The maximum Gasteiger partial charge on any atom is 0.273 e. The fraction of sp³-hybridized carbons (Fsp3) is 0.200. The quantitative estimate of drug-likeness (QED) is 0.447. The standard InChI is InChI=1S/C15H19N3O3/c1-4-8-16-13(19)9-11(3)17-18-15(21)12-7-5-6-10(2)14(12)20/h4-7,17,20H,1,3,8-9H2,2H3,(H,16,19)(H,18,21). The van der Waals surface area contributed by atoms with Crippen LogP contribution in [0.1, 0.15) is 22.3 Å². The minimum Gasteiger partial charge on any atom is -0.507 e. The summed E-state index contributed by atoms with van der Waals surface area (Å²) < 4.78 is 0. The second-order valence-corrected chi connectivity index (χ2v) is 4.42. The Morgan fingerprint density at radius 2 is 2.05 bits per heavy atom. The number of phenols is 1. The summed E-state index contributed by atoms with van der Waals surface area (Å²) in [6.07, 6.45) is 1.59. The van der Waals surface area contributed by atoms with Crippen molar-refractivity contribution in [2.24, 2.45) is 0 Å². The SMILES string of the molecule is C=CCNC(=O)CC(=C)NNC(=O)c1cccc(C)c1O. The molecule has 112 valence electrons. The average molecular weight is 289 g/mol. The summed E-state index contributed by atoms with van der Waals surface area (Å²) in [5.41, 5.74) is 6.00. The molecule has 0 spiro atoms. The van der Waals surface area contributed by atoms with Crippen molar-refractivity contribution in [3.05, 3.63) is 54.3 Å². The van der Waals surface area contributed by atoms with Crippen LogP contribution in [-0.4, -0.2) is 23.5 Å². The van der Waals surface area contributed by atoms with Crippen LogP contribution in [0.3, 0.4) is 0 Å².